The highest BCUT2D eigenvalue weighted by Gasteiger charge is 2.19. The number of carbonyl (C=O) groups excluding carboxylic acids is 2. The number of rotatable bonds is 10. The second-order valence-electron chi connectivity index (χ2n) is 7.91. The average Bonchev–Trinajstić information content (AvgIpc) is 3.32. The van der Waals surface area contributed by atoms with Crippen LogP contribution in [-0.4, -0.2) is 34.7 Å². The van der Waals surface area contributed by atoms with Gasteiger partial charge in [-0.05, 0) is 61.9 Å². The van der Waals surface area contributed by atoms with Crippen LogP contribution in [0.3, 0.4) is 0 Å². The van der Waals surface area contributed by atoms with Gasteiger partial charge in [-0.1, -0.05) is 35.9 Å². The normalized spacial score (nSPS) is 10.6. The van der Waals surface area contributed by atoms with Gasteiger partial charge in [0.15, 0.2) is 17.3 Å². The number of halogens is 1. The third kappa shape index (κ3) is 5.93. The molecule has 0 bridgehead atoms. The Morgan fingerprint density at radius 1 is 0.917 bits per heavy atom. The molecule has 0 saturated heterocycles. The SMILES string of the molecule is CCOc1ccc(Cn2cc(NC(=O)c3ccccc3C(=O)c3ccc(Cl)cc3)cn2)cc1OCC. The molecule has 1 heterocycles. The molecule has 4 rings (SSSR count). The van der Waals surface area contributed by atoms with Crippen LogP contribution in [0.4, 0.5) is 5.69 Å². The minimum atomic E-state index is -0.396. The Kier molecular flexibility index (Phi) is 8.02. The first-order valence-corrected chi connectivity index (χ1v) is 12.0. The maximum atomic E-state index is 13.1. The van der Waals surface area contributed by atoms with Crippen LogP contribution in [0.2, 0.25) is 5.02 Å². The molecule has 1 N–H and O–H groups in total. The van der Waals surface area contributed by atoms with E-state index in [1.165, 1.54) is 0 Å². The molecule has 3 aromatic carbocycles. The molecule has 0 radical (unpaired) electrons. The standard InChI is InChI=1S/C28H26ClN3O4/c1-3-35-25-14-9-19(15-26(25)36-4-2)17-32-18-22(16-30-32)31-28(34)24-8-6-5-7-23(24)27(33)20-10-12-21(29)13-11-20/h5-16,18H,3-4,17H2,1-2H3,(H,31,34). The lowest BCUT2D eigenvalue weighted by Crippen LogP contribution is -2.16. The van der Waals surface area contributed by atoms with Crippen LogP contribution in [-0.2, 0) is 6.54 Å². The number of ether oxygens (including phenoxy) is 2. The topological polar surface area (TPSA) is 82.5 Å². The molecule has 0 fully saturated rings. The number of carbonyl (C=O) groups is 2. The Balaban J connectivity index is 1.48. The number of anilines is 1. The van der Waals surface area contributed by atoms with Crippen molar-refractivity contribution in [3.63, 3.8) is 0 Å². The highest BCUT2D eigenvalue weighted by Crippen LogP contribution is 2.29. The molecule has 0 aliphatic heterocycles. The summed E-state index contributed by atoms with van der Waals surface area (Å²) >= 11 is 5.93. The predicted molar refractivity (Wildman–Crippen MR) is 139 cm³/mol. The van der Waals surface area contributed by atoms with Gasteiger partial charge < -0.3 is 14.8 Å². The molecule has 36 heavy (non-hydrogen) atoms. The Bertz CT molecular complexity index is 1370. The number of hydrogen-bond acceptors (Lipinski definition) is 5. The van der Waals surface area contributed by atoms with E-state index >= 15 is 0 Å². The van der Waals surface area contributed by atoms with Crippen molar-refractivity contribution in [3.05, 3.63) is 106 Å². The van der Waals surface area contributed by atoms with Gasteiger partial charge in [0, 0.05) is 22.3 Å². The Labute approximate surface area is 214 Å². The van der Waals surface area contributed by atoms with E-state index in [0.29, 0.717) is 53.1 Å². The van der Waals surface area contributed by atoms with E-state index in [-0.39, 0.29) is 11.3 Å². The van der Waals surface area contributed by atoms with Gasteiger partial charge in [0.2, 0.25) is 0 Å². The van der Waals surface area contributed by atoms with Crippen molar-refractivity contribution in [2.45, 2.75) is 20.4 Å². The second-order valence-corrected chi connectivity index (χ2v) is 8.35. The van der Waals surface area contributed by atoms with Crippen molar-refractivity contribution in [3.8, 4) is 11.5 Å². The molecule has 4 aromatic rings. The first-order valence-electron chi connectivity index (χ1n) is 11.6. The highest BCUT2D eigenvalue weighted by atomic mass is 35.5. The first kappa shape index (κ1) is 25.0. The molecule has 0 aliphatic carbocycles. The van der Waals surface area contributed by atoms with Crippen molar-refractivity contribution < 1.29 is 19.1 Å². The summed E-state index contributed by atoms with van der Waals surface area (Å²) in [6.07, 6.45) is 3.30. The molecular weight excluding hydrogens is 478 g/mol. The average molecular weight is 504 g/mol. The van der Waals surface area contributed by atoms with Crippen LogP contribution in [0.15, 0.2) is 79.1 Å². The van der Waals surface area contributed by atoms with E-state index in [2.05, 4.69) is 10.4 Å². The van der Waals surface area contributed by atoms with Gasteiger partial charge in [0.25, 0.3) is 5.91 Å². The summed E-state index contributed by atoms with van der Waals surface area (Å²) in [5, 5.41) is 7.73. The van der Waals surface area contributed by atoms with Gasteiger partial charge in [-0.25, -0.2) is 0 Å². The molecule has 0 atom stereocenters. The van der Waals surface area contributed by atoms with E-state index in [4.69, 9.17) is 21.1 Å². The number of amides is 1. The maximum absolute atomic E-state index is 13.1. The van der Waals surface area contributed by atoms with Gasteiger partial charge >= 0.3 is 0 Å². The molecule has 0 spiro atoms. The molecule has 0 aliphatic rings. The van der Waals surface area contributed by atoms with Crippen LogP contribution >= 0.6 is 11.6 Å². The van der Waals surface area contributed by atoms with Crippen molar-refractivity contribution in [1.29, 1.82) is 0 Å². The van der Waals surface area contributed by atoms with E-state index in [1.807, 2.05) is 32.0 Å². The number of hydrogen-bond donors (Lipinski definition) is 1. The molecule has 8 heteroatoms. The smallest absolute Gasteiger partial charge is 0.256 e. The molecule has 184 valence electrons. The Morgan fingerprint density at radius 3 is 2.33 bits per heavy atom. The zero-order valence-electron chi connectivity index (χ0n) is 20.0. The maximum Gasteiger partial charge on any atom is 0.256 e. The molecular formula is C28H26ClN3O4. The third-order valence-corrected chi connectivity index (χ3v) is 5.62. The molecule has 0 unspecified atom stereocenters. The summed E-state index contributed by atoms with van der Waals surface area (Å²) in [5.41, 5.74) is 2.53. The van der Waals surface area contributed by atoms with Crippen molar-refractivity contribution >= 4 is 29.0 Å². The van der Waals surface area contributed by atoms with Crippen molar-refractivity contribution in [1.82, 2.24) is 9.78 Å². The monoisotopic (exact) mass is 503 g/mol. The van der Waals surface area contributed by atoms with Crippen LogP contribution in [0.25, 0.3) is 0 Å². The number of ketones is 1. The fourth-order valence-corrected chi connectivity index (χ4v) is 3.86. The second kappa shape index (κ2) is 11.6. The first-order chi connectivity index (χ1) is 17.5. The van der Waals surface area contributed by atoms with Crippen molar-refractivity contribution in [2.75, 3.05) is 18.5 Å². The number of benzene rings is 3. The van der Waals surface area contributed by atoms with E-state index < -0.39 is 5.91 Å². The van der Waals surface area contributed by atoms with Crippen LogP contribution in [0.5, 0.6) is 11.5 Å². The van der Waals surface area contributed by atoms with Gasteiger partial charge in [0.1, 0.15) is 0 Å². The summed E-state index contributed by atoms with van der Waals surface area (Å²) in [6.45, 7) is 5.41. The minimum absolute atomic E-state index is 0.256. The predicted octanol–water partition coefficient (Wildman–Crippen LogP) is 5.87. The zero-order chi connectivity index (χ0) is 25.5. The third-order valence-electron chi connectivity index (χ3n) is 5.37. The fourth-order valence-electron chi connectivity index (χ4n) is 3.73. The Hall–Kier alpha value is -4.10. The van der Waals surface area contributed by atoms with Crippen LogP contribution < -0.4 is 14.8 Å². The lowest BCUT2D eigenvalue weighted by molar-refractivity contribution is 0.0996. The Morgan fingerprint density at radius 2 is 1.61 bits per heavy atom. The van der Waals surface area contributed by atoms with Gasteiger partial charge in [-0.2, -0.15) is 5.10 Å². The quantitative estimate of drug-likeness (QED) is 0.274. The summed E-state index contributed by atoms with van der Waals surface area (Å²) in [5.74, 6) is 0.726. The van der Waals surface area contributed by atoms with E-state index in [9.17, 15) is 9.59 Å². The lowest BCUT2D eigenvalue weighted by Gasteiger charge is -2.12. The van der Waals surface area contributed by atoms with Crippen LogP contribution in [0, 0.1) is 0 Å². The number of nitrogens with one attached hydrogen (secondary N) is 1. The number of nitrogens with zero attached hydrogens (tertiary/aromatic N) is 2. The van der Waals surface area contributed by atoms with Crippen molar-refractivity contribution in [2.24, 2.45) is 0 Å². The molecule has 7 nitrogen and oxygen atoms in total. The van der Waals surface area contributed by atoms with E-state index in [1.54, 1.807) is 65.6 Å². The molecule has 1 aromatic heterocycles. The van der Waals surface area contributed by atoms with Gasteiger partial charge in [-0.15, -0.1) is 0 Å². The lowest BCUT2D eigenvalue weighted by atomic mass is 9.98. The number of aromatic nitrogens is 2. The van der Waals surface area contributed by atoms with Gasteiger partial charge in [0.05, 0.1) is 37.2 Å². The zero-order valence-corrected chi connectivity index (χ0v) is 20.8. The molecule has 0 saturated carbocycles. The summed E-state index contributed by atoms with van der Waals surface area (Å²) in [4.78, 5) is 26.1. The minimum Gasteiger partial charge on any atom is -0.490 e. The highest BCUT2D eigenvalue weighted by molar-refractivity contribution is 6.30. The van der Waals surface area contributed by atoms with Gasteiger partial charge in [-0.3, -0.25) is 14.3 Å². The largest absolute Gasteiger partial charge is 0.490 e. The fraction of sp³-hybridized carbons (Fsp3) is 0.179. The summed E-state index contributed by atoms with van der Waals surface area (Å²) < 4.78 is 13.0. The molecule has 1 amide bonds. The summed E-state index contributed by atoms with van der Waals surface area (Å²) in [7, 11) is 0. The van der Waals surface area contributed by atoms with Crippen LogP contribution in [0.1, 0.15) is 45.7 Å². The summed E-state index contributed by atoms with van der Waals surface area (Å²) in [6, 6.07) is 19.0. The van der Waals surface area contributed by atoms with E-state index in [0.717, 1.165) is 5.56 Å².